The lowest BCUT2D eigenvalue weighted by Gasteiger charge is -2.14. The van der Waals surface area contributed by atoms with Crippen molar-refractivity contribution in [2.24, 2.45) is 0 Å². The fourth-order valence-corrected chi connectivity index (χ4v) is 2.52. The zero-order valence-corrected chi connectivity index (χ0v) is 12.0. The molecular formula is C12H18BrN3O. The van der Waals surface area contributed by atoms with E-state index in [0.717, 1.165) is 21.8 Å². The molecule has 0 spiro atoms. The van der Waals surface area contributed by atoms with Crippen molar-refractivity contribution < 1.29 is 4.74 Å². The number of aromatic nitrogens is 2. The standard InChI is InChI=1S/C12H18BrN3O/c1-7(6-17-3)11-15-10(8-4-5-8)9(13)12(14-2)16-11/h7-8H,4-6H2,1-3H3,(H,14,15,16). The van der Waals surface area contributed by atoms with E-state index >= 15 is 0 Å². The minimum absolute atomic E-state index is 0.220. The molecule has 1 heterocycles. The summed E-state index contributed by atoms with van der Waals surface area (Å²) in [5.41, 5.74) is 1.14. The van der Waals surface area contributed by atoms with Gasteiger partial charge in [0.1, 0.15) is 11.6 Å². The molecule has 0 aromatic carbocycles. The Morgan fingerprint density at radius 1 is 1.47 bits per heavy atom. The van der Waals surface area contributed by atoms with Crippen LogP contribution in [-0.4, -0.2) is 30.7 Å². The predicted molar refractivity (Wildman–Crippen MR) is 71.5 cm³/mol. The van der Waals surface area contributed by atoms with Crippen LogP contribution in [0.15, 0.2) is 4.47 Å². The van der Waals surface area contributed by atoms with Crippen LogP contribution in [0.25, 0.3) is 0 Å². The number of hydrogen-bond donors (Lipinski definition) is 1. The van der Waals surface area contributed by atoms with Gasteiger partial charge in [-0.3, -0.25) is 0 Å². The zero-order chi connectivity index (χ0) is 12.4. The number of anilines is 1. The van der Waals surface area contributed by atoms with Crippen molar-refractivity contribution in [3.05, 3.63) is 16.0 Å². The van der Waals surface area contributed by atoms with Gasteiger partial charge >= 0.3 is 0 Å². The highest BCUT2D eigenvalue weighted by Crippen LogP contribution is 2.44. The molecule has 1 aromatic rings. The van der Waals surface area contributed by atoms with Gasteiger partial charge in [0.15, 0.2) is 0 Å². The van der Waals surface area contributed by atoms with Gasteiger partial charge in [-0.25, -0.2) is 9.97 Å². The highest BCUT2D eigenvalue weighted by Gasteiger charge is 2.29. The van der Waals surface area contributed by atoms with Gasteiger partial charge in [0.25, 0.3) is 0 Å². The average molecular weight is 300 g/mol. The molecule has 1 aliphatic carbocycles. The van der Waals surface area contributed by atoms with Crippen LogP contribution < -0.4 is 5.32 Å². The third-order valence-corrected chi connectivity index (χ3v) is 3.73. The molecule has 0 saturated heterocycles. The minimum Gasteiger partial charge on any atom is -0.384 e. The van der Waals surface area contributed by atoms with Gasteiger partial charge in [-0.1, -0.05) is 6.92 Å². The van der Waals surface area contributed by atoms with Crippen LogP contribution in [-0.2, 0) is 4.74 Å². The molecule has 2 rings (SSSR count). The molecule has 1 aliphatic rings. The summed E-state index contributed by atoms with van der Waals surface area (Å²) in [6.07, 6.45) is 2.47. The molecule has 17 heavy (non-hydrogen) atoms. The van der Waals surface area contributed by atoms with E-state index in [1.807, 2.05) is 7.05 Å². The molecule has 1 aromatic heterocycles. The van der Waals surface area contributed by atoms with Crippen molar-refractivity contribution >= 4 is 21.7 Å². The first kappa shape index (κ1) is 12.8. The lowest BCUT2D eigenvalue weighted by atomic mass is 10.1. The van der Waals surface area contributed by atoms with Gasteiger partial charge in [-0.05, 0) is 28.8 Å². The highest BCUT2D eigenvalue weighted by molar-refractivity contribution is 9.10. The summed E-state index contributed by atoms with van der Waals surface area (Å²) in [4.78, 5) is 9.21. The van der Waals surface area contributed by atoms with E-state index in [0.29, 0.717) is 12.5 Å². The lowest BCUT2D eigenvalue weighted by Crippen LogP contribution is -2.11. The number of nitrogens with zero attached hydrogens (tertiary/aromatic N) is 2. The van der Waals surface area contributed by atoms with Crippen LogP contribution in [0.1, 0.15) is 43.1 Å². The summed E-state index contributed by atoms with van der Waals surface area (Å²) in [6.45, 7) is 2.73. The molecule has 94 valence electrons. The molecule has 1 saturated carbocycles. The first-order valence-electron chi connectivity index (χ1n) is 5.91. The quantitative estimate of drug-likeness (QED) is 0.908. The van der Waals surface area contributed by atoms with Crippen LogP contribution in [0, 0.1) is 0 Å². The Balaban J connectivity index is 2.35. The molecular weight excluding hydrogens is 282 g/mol. The van der Waals surface area contributed by atoms with Gasteiger partial charge < -0.3 is 10.1 Å². The van der Waals surface area contributed by atoms with Crippen molar-refractivity contribution in [2.75, 3.05) is 26.1 Å². The second-order valence-corrected chi connectivity index (χ2v) is 5.30. The third kappa shape index (κ3) is 2.77. The van der Waals surface area contributed by atoms with E-state index in [2.05, 4.69) is 38.1 Å². The molecule has 0 aliphatic heterocycles. The Labute approximate surface area is 110 Å². The second-order valence-electron chi connectivity index (χ2n) is 4.51. The summed E-state index contributed by atoms with van der Waals surface area (Å²) in [5.74, 6) is 2.56. The third-order valence-electron chi connectivity index (χ3n) is 2.95. The van der Waals surface area contributed by atoms with Crippen LogP contribution in [0.4, 0.5) is 5.82 Å². The summed E-state index contributed by atoms with van der Waals surface area (Å²) in [5, 5.41) is 3.12. The molecule has 0 radical (unpaired) electrons. The molecule has 1 N–H and O–H groups in total. The van der Waals surface area contributed by atoms with Crippen molar-refractivity contribution in [1.82, 2.24) is 9.97 Å². The topological polar surface area (TPSA) is 47.0 Å². The van der Waals surface area contributed by atoms with E-state index in [4.69, 9.17) is 4.74 Å². The Morgan fingerprint density at radius 3 is 2.71 bits per heavy atom. The maximum Gasteiger partial charge on any atom is 0.144 e. The van der Waals surface area contributed by atoms with Crippen LogP contribution in [0.3, 0.4) is 0 Å². The van der Waals surface area contributed by atoms with Crippen molar-refractivity contribution in [1.29, 1.82) is 0 Å². The van der Waals surface area contributed by atoms with Gasteiger partial charge in [-0.2, -0.15) is 0 Å². The van der Waals surface area contributed by atoms with E-state index < -0.39 is 0 Å². The predicted octanol–water partition coefficient (Wildman–Crippen LogP) is 2.91. The number of methoxy groups -OCH3 is 1. The van der Waals surface area contributed by atoms with Gasteiger partial charge in [0.2, 0.25) is 0 Å². The molecule has 0 bridgehead atoms. The van der Waals surface area contributed by atoms with E-state index in [1.165, 1.54) is 12.8 Å². The van der Waals surface area contributed by atoms with Crippen molar-refractivity contribution in [3.8, 4) is 0 Å². The van der Waals surface area contributed by atoms with Crippen LogP contribution in [0.5, 0.6) is 0 Å². The van der Waals surface area contributed by atoms with E-state index in [-0.39, 0.29) is 5.92 Å². The lowest BCUT2D eigenvalue weighted by molar-refractivity contribution is 0.181. The first-order chi connectivity index (χ1) is 8.17. The highest BCUT2D eigenvalue weighted by atomic mass is 79.9. The Hall–Kier alpha value is -0.680. The smallest absolute Gasteiger partial charge is 0.144 e. The van der Waals surface area contributed by atoms with Gasteiger partial charge in [0, 0.05) is 26.0 Å². The average Bonchev–Trinajstić information content (AvgIpc) is 3.13. The molecule has 1 atom stereocenters. The number of nitrogens with one attached hydrogen (secondary N) is 1. The number of rotatable bonds is 5. The first-order valence-corrected chi connectivity index (χ1v) is 6.70. The van der Waals surface area contributed by atoms with E-state index in [1.54, 1.807) is 7.11 Å². The normalized spacial score (nSPS) is 16.9. The molecule has 4 nitrogen and oxygen atoms in total. The Kier molecular flexibility index (Phi) is 3.99. The largest absolute Gasteiger partial charge is 0.384 e. The molecule has 1 unspecified atom stereocenters. The van der Waals surface area contributed by atoms with Crippen molar-refractivity contribution in [3.63, 3.8) is 0 Å². The monoisotopic (exact) mass is 299 g/mol. The van der Waals surface area contributed by atoms with Crippen LogP contribution in [0.2, 0.25) is 0 Å². The minimum atomic E-state index is 0.220. The fraction of sp³-hybridized carbons (Fsp3) is 0.667. The number of halogens is 1. The van der Waals surface area contributed by atoms with Gasteiger partial charge in [0.05, 0.1) is 16.8 Å². The van der Waals surface area contributed by atoms with Gasteiger partial charge in [-0.15, -0.1) is 0 Å². The molecule has 0 amide bonds. The SMILES string of the molecule is CNc1nc(C(C)COC)nc(C2CC2)c1Br. The fourth-order valence-electron chi connectivity index (χ4n) is 1.82. The number of ether oxygens (including phenoxy) is 1. The van der Waals surface area contributed by atoms with Crippen LogP contribution >= 0.6 is 15.9 Å². The molecule has 1 fully saturated rings. The summed E-state index contributed by atoms with van der Waals surface area (Å²) >= 11 is 3.59. The maximum atomic E-state index is 5.17. The second kappa shape index (κ2) is 5.31. The van der Waals surface area contributed by atoms with Crippen molar-refractivity contribution in [2.45, 2.75) is 31.6 Å². The Morgan fingerprint density at radius 2 is 2.18 bits per heavy atom. The summed E-state index contributed by atoms with van der Waals surface area (Å²) in [7, 11) is 3.59. The maximum absolute atomic E-state index is 5.17. The summed E-state index contributed by atoms with van der Waals surface area (Å²) < 4.78 is 6.18. The van der Waals surface area contributed by atoms with E-state index in [9.17, 15) is 0 Å². The summed E-state index contributed by atoms with van der Waals surface area (Å²) in [6, 6.07) is 0. The number of hydrogen-bond acceptors (Lipinski definition) is 4. The molecule has 5 heteroatoms. The zero-order valence-electron chi connectivity index (χ0n) is 10.5. The Bertz CT molecular complexity index is 407.